The van der Waals surface area contributed by atoms with Crippen LogP contribution in [0, 0.1) is 5.82 Å². The van der Waals surface area contributed by atoms with Crippen LogP contribution in [0.3, 0.4) is 0 Å². The van der Waals surface area contributed by atoms with Crippen LogP contribution in [0.15, 0.2) is 18.2 Å². The van der Waals surface area contributed by atoms with E-state index in [1.807, 2.05) is 0 Å². The van der Waals surface area contributed by atoms with Gasteiger partial charge in [0, 0.05) is 0 Å². The molecule has 0 fully saturated rings. The van der Waals surface area contributed by atoms with Gasteiger partial charge in [-0.2, -0.15) is 0 Å². The number of carboxylic acids is 1. The number of aliphatic carboxylic acids is 1. The molecule has 0 unspecified atom stereocenters. The predicted octanol–water partition coefficient (Wildman–Crippen LogP) is 2.19. The van der Waals surface area contributed by atoms with Gasteiger partial charge in [0.25, 0.3) is 0 Å². The van der Waals surface area contributed by atoms with E-state index in [0.717, 1.165) is 5.56 Å². The first-order valence-electron chi connectivity index (χ1n) is 4.75. The summed E-state index contributed by atoms with van der Waals surface area (Å²) in [4.78, 5) is 10.3. The van der Waals surface area contributed by atoms with Gasteiger partial charge >= 0.3 is 5.97 Å². The third-order valence-electron chi connectivity index (χ3n) is 1.98. The van der Waals surface area contributed by atoms with Crippen molar-refractivity contribution in [2.45, 2.75) is 6.42 Å². The van der Waals surface area contributed by atoms with E-state index >= 15 is 0 Å². The van der Waals surface area contributed by atoms with Crippen LogP contribution < -0.4 is 4.74 Å². The van der Waals surface area contributed by atoms with E-state index in [4.69, 9.17) is 9.84 Å². The summed E-state index contributed by atoms with van der Waals surface area (Å²) in [6, 6.07) is 4.77. The number of hydrogen-bond acceptors (Lipinski definition) is 3. The van der Waals surface area contributed by atoms with Crippen molar-refractivity contribution in [1.82, 2.24) is 0 Å². The topological polar surface area (TPSA) is 46.5 Å². The van der Waals surface area contributed by atoms with Crippen LogP contribution in [0.5, 0.6) is 5.75 Å². The van der Waals surface area contributed by atoms with Crippen molar-refractivity contribution in [2.24, 2.45) is 0 Å². The molecule has 0 saturated carbocycles. The number of aryl methyl sites for hydroxylation is 1. The molecule has 0 atom stereocenters. The first kappa shape index (κ1) is 12.8. The number of methoxy groups -OCH3 is 1. The molecular weight excluding hydrogens is 231 g/mol. The average molecular weight is 244 g/mol. The minimum absolute atomic E-state index is 0.0820. The van der Waals surface area contributed by atoms with Crippen molar-refractivity contribution in [3.05, 3.63) is 29.6 Å². The van der Waals surface area contributed by atoms with Crippen LogP contribution in [-0.4, -0.2) is 29.7 Å². The van der Waals surface area contributed by atoms with Crippen LogP contribution in [0.25, 0.3) is 0 Å². The summed E-state index contributed by atoms with van der Waals surface area (Å²) in [5.41, 5.74) is 0.844. The molecular formula is C11H13FO3S. The highest BCUT2D eigenvalue weighted by molar-refractivity contribution is 7.99. The lowest BCUT2D eigenvalue weighted by atomic mass is 10.1. The zero-order valence-corrected chi connectivity index (χ0v) is 9.72. The molecule has 0 spiro atoms. The largest absolute Gasteiger partial charge is 0.494 e. The molecule has 0 heterocycles. The molecule has 0 aromatic heterocycles. The molecule has 1 N–H and O–H groups in total. The van der Waals surface area contributed by atoms with Gasteiger partial charge in [-0.3, -0.25) is 4.79 Å². The van der Waals surface area contributed by atoms with Crippen LogP contribution in [0.1, 0.15) is 5.56 Å². The lowest BCUT2D eigenvalue weighted by Gasteiger charge is -2.04. The van der Waals surface area contributed by atoms with Gasteiger partial charge in [-0.05, 0) is 29.9 Å². The second-order valence-corrected chi connectivity index (χ2v) is 4.27. The fourth-order valence-corrected chi connectivity index (χ4v) is 1.91. The number of carboxylic acid groups (broad SMARTS) is 1. The van der Waals surface area contributed by atoms with Crippen molar-refractivity contribution in [2.75, 3.05) is 18.6 Å². The summed E-state index contributed by atoms with van der Waals surface area (Å²) in [6.07, 6.45) is 0.652. The summed E-state index contributed by atoms with van der Waals surface area (Å²) in [5, 5.41) is 8.43. The van der Waals surface area contributed by atoms with E-state index in [0.29, 0.717) is 12.2 Å². The third kappa shape index (κ3) is 4.10. The first-order chi connectivity index (χ1) is 7.63. The Morgan fingerprint density at radius 3 is 2.88 bits per heavy atom. The minimum atomic E-state index is -0.828. The molecule has 1 aromatic rings. The molecule has 0 radical (unpaired) electrons. The van der Waals surface area contributed by atoms with Crippen LogP contribution in [-0.2, 0) is 11.2 Å². The first-order valence-corrected chi connectivity index (χ1v) is 5.91. The Bertz CT molecular complexity index is 368. The Kier molecular flexibility index (Phi) is 5.11. The van der Waals surface area contributed by atoms with E-state index in [1.54, 1.807) is 12.1 Å². The van der Waals surface area contributed by atoms with E-state index in [1.165, 1.54) is 24.9 Å². The van der Waals surface area contributed by atoms with Crippen molar-refractivity contribution in [3.8, 4) is 5.75 Å². The molecule has 0 aliphatic heterocycles. The van der Waals surface area contributed by atoms with Gasteiger partial charge in [0.1, 0.15) is 0 Å². The quantitative estimate of drug-likeness (QED) is 0.779. The average Bonchev–Trinajstić information content (AvgIpc) is 2.24. The monoisotopic (exact) mass is 244 g/mol. The molecule has 0 aliphatic rings. The second-order valence-electron chi connectivity index (χ2n) is 3.17. The zero-order valence-electron chi connectivity index (χ0n) is 8.90. The van der Waals surface area contributed by atoms with E-state index in [9.17, 15) is 9.18 Å². The highest BCUT2D eigenvalue weighted by Crippen LogP contribution is 2.18. The molecule has 5 heteroatoms. The molecule has 88 valence electrons. The summed E-state index contributed by atoms with van der Waals surface area (Å²) in [7, 11) is 1.42. The van der Waals surface area contributed by atoms with Crippen molar-refractivity contribution in [1.29, 1.82) is 0 Å². The van der Waals surface area contributed by atoms with Gasteiger partial charge in [0.2, 0.25) is 0 Å². The SMILES string of the molecule is COc1ccc(CCSCC(=O)O)cc1F. The molecule has 0 amide bonds. The number of hydrogen-bond donors (Lipinski definition) is 1. The van der Waals surface area contributed by atoms with Crippen LogP contribution in [0.2, 0.25) is 0 Å². The molecule has 1 aromatic carbocycles. The van der Waals surface area contributed by atoms with Gasteiger partial charge in [-0.1, -0.05) is 6.07 Å². The summed E-state index contributed by atoms with van der Waals surface area (Å²) in [6.45, 7) is 0. The Morgan fingerprint density at radius 2 is 2.31 bits per heavy atom. The Hall–Kier alpha value is -1.23. The molecule has 0 aliphatic carbocycles. The van der Waals surface area contributed by atoms with Crippen LogP contribution >= 0.6 is 11.8 Å². The Labute approximate surface area is 97.6 Å². The highest BCUT2D eigenvalue weighted by atomic mass is 32.2. The predicted molar refractivity (Wildman–Crippen MR) is 61.6 cm³/mol. The van der Waals surface area contributed by atoms with Gasteiger partial charge < -0.3 is 9.84 Å². The second kappa shape index (κ2) is 6.37. The maximum Gasteiger partial charge on any atom is 0.313 e. The number of rotatable bonds is 6. The molecule has 3 nitrogen and oxygen atoms in total. The van der Waals surface area contributed by atoms with Crippen molar-refractivity contribution >= 4 is 17.7 Å². The van der Waals surface area contributed by atoms with Gasteiger partial charge in [-0.15, -0.1) is 11.8 Å². The Balaban J connectivity index is 2.43. The maximum atomic E-state index is 13.3. The number of thioether (sulfide) groups is 1. The maximum absolute atomic E-state index is 13.3. The number of halogens is 1. The lowest BCUT2D eigenvalue weighted by molar-refractivity contribution is -0.133. The normalized spacial score (nSPS) is 10.1. The number of benzene rings is 1. The summed E-state index contributed by atoms with van der Waals surface area (Å²) >= 11 is 1.32. The fourth-order valence-electron chi connectivity index (χ4n) is 1.21. The molecule has 16 heavy (non-hydrogen) atoms. The highest BCUT2D eigenvalue weighted by Gasteiger charge is 2.03. The Morgan fingerprint density at radius 1 is 1.56 bits per heavy atom. The van der Waals surface area contributed by atoms with E-state index in [-0.39, 0.29) is 17.3 Å². The summed E-state index contributed by atoms with van der Waals surface area (Å²) in [5.74, 6) is -0.243. The third-order valence-corrected chi connectivity index (χ3v) is 2.92. The van der Waals surface area contributed by atoms with Gasteiger partial charge in [0.05, 0.1) is 12.9 Å². The fraction of sp³-hybridized carbons (Fsp3) is 0.364. The minimum Gasteiger partial charge on any atom is -0.494 e. The standard InChI is InChI=1S/C11H13FO3S/c1-15-10-3-2-8(6-9(10)12)4-5-16-7-11(13)14/h2-3,6H,4-5,7H2,1H3,(H,13,14). The molecule has 0 saturated heterocycles. The summed E-state index contributed by atoms with van der Waals surface area (Å²) < 4.78 is 18.1. The van der Waals surface area contributed by atoms with Crippen molar-refractivity contribution in [3.63, 3.8) is 0 Å². The number of ether oxygens (including phenoxy) is 1. The smallest absolute Gasteiger partial charge is 0.313 e. The van der Waals surface area contributed by atoms with Crippen molar-refractivity contribution < 1.29 is 19.0 Å². The van der Waals surface area contributed by atoms with Crippen LogP contribution in [0.4, 0.5) is 4.39 Å². The van der Waals surface area contributed by atoms with Gasteiger partial charge in [-0.25, -0.2) is 4.39 Å². The van der Waals surface area contributed by atoms with E-state index in [2.05, 4.69) is 0 Å². The molecule has 1 rings (SSSR count). The number of carbonyl (C=O) groups is 1. The lowest BCUT2D eigenvalue weighted by Crippen LogP contribution is -2.00. The molecule has 0 bridgehead atoms. The van der Waals surface area contributed by atoms with Gasteiger partial charge in [0.15, 0.2) is 11.6 Å². The zero-order chi connectivity index (χ0) is 12.0. The van der Waals surface area contributed by atoms with E-state index < -0.39 is 5.97 Å².